The van der Waals surface area contributed by atoms with Crippen molar-refractivity contribution in [2.24, 2.45) is 0 Å². The zero-order valence-electron chi connectivity index (χ0n) is 1.75. The first-order valence-corrected chi connectivity index (χ1v) is 0. The van der Waals surface area contributed by atoms with Crippen LogP contribution in [0.25, 0.3) is 0 Å². The van der Waals surface area contributed by atoms with E-state index in [9.17, 15) is 0 Å². The van der Waals surface area contributed by atoms with Crippen molar-refractivity contribution < 1.29 is 49.7 Å². The maximum Gasteiger partial charge on any atom is 3.00 e. The molecular weight excluding hydrogens is 136 g/mol. The fraction of sp³-hybridized carbons (Fsp3) is 0. The van der Waals surface area contributed by atoms with Gasteiger partial charge in [-0.3, -0.25) is 0 Å². The molecule has 0 amide bonds. The minimum Gasteiger partial charge on any atom is -0.870 e. The Kier molecular flexibility index (Phi) is 518. The summed E-state index contributed by atoms with van der Waals surface area (Å²) in [5.41, 5.74) is 0. The first kappa shape index (κ1) is 66.8. The van der Waals surface area contributed by atoms with Gasteiger partial charge in [-0.15, -0.1) is 0 Å². The van der Waals surface area contributed by atoms with Gasteiger partial charge in [-0.2, -0.15) is 0 Å². The number of rotatable bonds is 0. The predicted octanol–water partition coefficient (Wildman–Crippen LogP) is -0.359. The first-order chi connectivity index (χ1) is 0. The molecule has 2 N–H and O–H groups in total. The van der Waals surface area contributed by atoms with E-state index in [-0.39, 0.29) is 49.7 Å². The third-order valence-corrected chi connectivity index (χ3v) is 0. The molecule has 0 bridgehead atoms. The van der Waals surface area contributed by atoms with Gasteiger partial charge in [0.25, 0.3) is 0 Å². The molecule has 0 aromatic heterocycles. The summed E-state index contributed by atoms with van der Waals surface area (Å²) in [5, 5.41) is 0. The molecule has 0 saturated carbocycles. The Bertz CT molecular complexity index is 6.00. The van der Waals surface area contributed by atoms with E-state index < -0.39 is 0 Å². The molecule has 0 spiro atoms. The SMILES string of the molecule is [Fe+3].[OH-].[OH-].[Ti+2]. The second-order valence-electron chi connectivity index (χ2n) is 0. The zero-order chi connectivity index (χ0) is 0. The Morgan fingerprint density at radius 2 is 0.750 bits per heavy atom. The average Bonchev–Trinajstić information content (AvgIpc) is 0. The van der Waals surface area contributed by atoms with E-state index in [2.05, 4.69) is 0 Å². The van der Waals surface area contributed by atoms with Crippen molar-refractivity contribution in [1.82, 2.24) is 0 Å². The van der Waals surface area contributed by atoms with Crippen molar-refractivity contribution in [1.29, 1.82) is 0 Å². The van der Waals surface area contributed by atoms with Crippen LogP contribution in [-0.4, -0.2) is 11.0 Å². The Balaban J connectivity index is 0. The molecule has 0 aliphatic heterocycles. The molecule has 0 aliphatic rings. The molecule has 23 valence electrons. The van der Waals surface area contributed by atoms with E-state index in [1.807, 2.05) is 0 Å². The van der Waals surface area contributed by atoms with Gasteiger partial charge in [0.15, 0.2) is 0 Å². The van der Waals surface area contributed by atoms with Gasteiger partial charge >= 0.3 is 38.8 Å². The standard InChI is InChI=1S/Fe.2H2O.Ti/h;2*1H2;/q+3;;;+2/p-2. The van der Waals surface area contributed by atoms with Gasteiger partial charge in [-0.05, 0) is 0 Å². The molecule has 0 aromatic rings. The fourth-order valence-corrected chi connectivity index (χ4v) is 0. The van der Waals surface area contributed by atoms with Crippen molar-refractivity contribution in [2.75, 3.05) is 0 Å². The minimum atomic E-state index is 0. The molecule has 4 heteroatoms. The molecular formula is H2FeO2Ti+3. The molecule has 0 atom stereocenters. The van der Waals surface area contributed by atoms with Crippen LogP contribution in [0.15, 0.2) is 0 Å². The molecule has 0 rings (SSSR count). The normalized spacial score (nSPS) is 0. The second-order valence-corrected chi connectivity index (χ2v) is 0. The third kappa shape index (κ3) is 11.0. The van der Waals surface area contributed by atoms with Crippen molar-refractivity contribution in [2.45, 2.75) is 0 Å². The molecule has 0 saturated heterocycles. The summed E-state index contributed by atoms with van der Waals surface area (Å²) in [6.45, 7) is 0. The van der Waals surface area contributed by atoms with Crippen LogP contribution in [0, 0.1) is 0 Å². The summed E-state index contributed by atoms with van der Waals surface area (Å²) in [6, 6.07) is 0. The Hall–Kier alpha value is 1.15. The van der Waals surface area contributed by atoms with Crippen molar-refractivity contribution in [3.63, 3.8) is 0 Å². The van der Waals surface area contributed by atoms with Gasteiger partial charge in [0.1, 0.15) is 0 Å². The molecule has 1 radical (unpaired) electrons. The summed E-state index contributed by atoms with van der Waals surface area (Å²) in [6.07, 6.45) is 0. The topological polar surface area (TPSA) is 60.0 Å². The summed E-state index contributed by atoms with van der Waals surface area (Å²) in [4.78, 5) is 0. The van der Waals surface area contributed by atoms with E-state index in [1.165, 1.54) is 0 Å². The third-order valence-electron chi connectivity index (χ3n) is 0. The monoisotopic (exact) mass is 138 g/mol. The van der Waals surface area contributed by atoms with Gasteiger partial charge in [-0.25, -0.2) is 0 Å². The minimum absolute atomic E-state index is 0. The van der Waals surface area contributed by atoms with Crippen molar-refractivity contribution in [3.05, 3.63) is 0 Å². The van der Waals surface area contributed by atoms with Crippen molar-refractivity contribution in [3.8, 4) is 0 Å². The van der Waals surface area contributed by atoms with Crippen LogP contribution in [0.1, 0.15) is 0 Å². The Morgan fingerprint density at radius 3 is 0.750 bits per heavy atom. The van der Waals surface area contributed by atoms with Crippen LogP contribution in [0.4, 0.5) is 0 Å². The fourth-order valence-electron chi connectivity index (χ4n) is 0. The van der Waals surface area contributed by atoms with Gasteiger partial charge in [0.05, 0.1) is 0 Å². The molecule has 0 heterocycles. The summed E-state index contributed by atoms with van der Waals surface area (Å²) < 4.78 is 0. The molecule has 0 aromatic carbocycles. The molecule has 0 aliphatic carbocycles. The van der Waals surface area contributed by atoms with E-state index in [0.29, 0.717) is 0 Å². The molecule has 2 nitrogen and oxygen atoms in total. The zero-order valence-corrected chi connectivity index (χ0v) is 4.41. The average molecular weight is 138 g/mol. The Labute approximate surface area is 49.9 Å². The van der Waals surface area contributed by atoms with Gasteiger partial charge < -0.3 is 11.0 Å². The second kappa shape index (κ2) is 31.0. The van der Waals surface area contributed by atoms with Gasteiger partial charge in [0.2, 0.25) is 0 Å². The smallest absolute Gasteiger partial charge is 0.870 e. The summed E-state index contributed by atoms with van der Waals surface area (Å²) >= 11 is 0. The van der Waals surface area contributed by atoms with Crippen LogP contribution in [0.5, 0.6) is 0 Å². The molecule has 0 unspecified atom stereocenters. The summed E-state index contributed by atoms with van der Waals surface area (Å²) in [5.74, 6) is 0. The van der Waals surface area contributed by atoms with Crippen LogP contribution >= 0.6 is 0 Å². The van der Waals surface area contributed by atoms with Crippen LogP contribution in [-0.2, 0) is 38.8 Å². The number of hydrogen-bond acceptors (Lipinski definition) is 2. The van der Waals surface area contributed by atoms with E-state index in [1.54, 1.807) is 0 Å². The maximum absolute atomic E-state index is 0. The largest absolute Gasteiger partial charge is 3.00 e. The number of hydrogen-bond donors (Lipinski definition) is 0. The van der Waals surface area contributed by atoms with Crippen LogP contribution in [0.3, 0.4) is 0 Å². The quantitative estimate of drug-likeness (QED) is 0.429. The predicted molar refractivity (Wildman–Crippen MR) is 3.87 cm³/mol. The summed E-state index contributed by atoms with van der Waals surface area (Å²) in [7, 11) is 0. The van der Waals surface area contributed by atoms with Crippen LogP contribution in [0.2, 0.25) is 0 Å². The van der Waals surface area contributed by atoms with E-state index in [0.717, 1.165) is 0 Å². The molecule has 4 heavy (non-hydrogen) atoms. The maximum atomic E-state index is 0. The van der Waals surface area contributed by atoms with E-state index in [4.69, 9.17) is 0 Å². The van der Waals surface area contributed by atoms with Crippen LogP contribution < -0.4 is 0 Å². The van der Waals surface area contributed by atoms with Crippen molar-refractivity contribution >= 4 is 0 Å². The van der Waals surface area contributed by atoms with Gasteiger partial charge in [0, 0.05) is 0 Å². The van der Waals surface area contributed by atoms with Gasteiger partial charge in [-0.1, -0.05) is 0 Å². The Morgan fingerprint density at radius 1 is 0.750 bits per heavy atom. The first-order valence-electron chi connectivity index (χ1n) is 0. The molecule has 0 fully saturated rings. The van der Waals surface area contributed by atoms with E-state index >= 15 is 0 Å².